The molecule has 0 heterocycles. The van der Waals surface area contributed by atoms with Crippen molar-refractivity contribution in [3.8, 4) is 0 Å². The Morgan fingerprint density at radius 2 is 2.00 bits per heavy atom. The zero-order valence-corrected chi connectivity index (χ0v) is 11.4. The summed E-state index contributed by atoms with van der Waals surface area (Å²) in [5.74, 6) is 0.0327. The smallest absolute Gasteiger partial charge is 0.253 e. The standard InChI is InChI=1S/C14H19ClN2O/c1-17(11-5-3-2-4-6-11)14(18)10-7-8-12(15)13(16)9-10/h7-9,11H,2-6,16H2,1H3. The predicted molar refractivity (Wildman–Crippen MR) is 74.8 cm³/mol. The van der Waals surface area contributed by atoms with Gasteiger partial charge >= 0.3 is 0 Å². The average molecular weight is 267 g/mol. The van der Waals surface area contributed by atoms with Gasteiger partial charge in [-0.1, -0.05) is 30.9 Å². The lowest BCUT2D eigenvalue weighted by molar-refractivity contribution is 0.0696. The lowest BCUT2D eigenvalue weighted by atomic mass is 9.94. The molecule has 1 saturated carbocycles. The molecule has 2 N–H and O–H groups in total. The molecule has 1 amide bonds. The van der Waals surface area contributed by atoms with Crippen LogP contribution in [0.1, 0.15) is 42.5 Å². The molecule has 4 heteroatoms. The number of nitrogens with zero attached hydrogens (tertiary/aromatic N) is 1. The molecule has 0 atom stereocenters. The highest BCUT2D eigenvalue weighted by atomic mass is 35.5. The Hall–Kier alpha value is -1.22. The van der Waals surface area contributed by atoms with Crippen LogP contribution < -0.4 is 5.73 Å². The molecular weight excluding hydrogens is 248 g/mol. The highest BCUT2D eigenvalue weighted by Crippen LogP contribution is 2.24. The second-order valence-corrected chi connectivity index (χ2v) is 5.35. The molecule has 98 valence electrons. The van der Waals surface area contributed by atoms with Crippen LogP contribution in [-0.4, -0.2) is 23.9 Å². The van der Waals surface area contributed by atoms with Gasteiger partial charge in [-0.15, -0.1) is 0 Å². The van der Waals surface area contributed by atoms with Gasteiger partial charge in [0.2, 0.25) is 0 Å². The van der Waals surface area contributed by atoms with E-state index in [2.05, 4.69) is 0 Å². The minimum atomic E-state index is 0.0327. The van der Waals surface area contributed by atoms with Crippen LogP contribution in [-0.2, 0) is 0 Å². The fraction of sp³-hybridized carbons (Fsp3) is 0.500. The minimum Gasteiger partial charge on any atom is -0.398 e. The molecule has 18 heavy (non-hydrogen) atoms. The molecule has 3 nitrogen and oxygen atoms in total. The first-order valence-electron chi connectivity index (χ1n) is 6.42. The van der Waals surface area contributed by atoms with E-state index >= 15 is 0 Å². The number of nitrogen functional groups attached to an aromatic ring is 1. The van der Waals surface area contributed by atoms with Crippen LogP contribution in [0.5, 0.6) is 0 Å². The third-order valence-electron chi connectivity index (χ3n) is 3.69. The van der Waals surface area contributed by atoms with Crippen LogP contribution in [0, 0.1) is 0 Å². The van der Waals surface area contributed by atoms with Gasteiger partial charge in [0, 0.05) is 18.7 Å². The molecule has 1 fully saturated rings. The lowest BCUT2D eigenvalue weighted by Gasteiger charge is -2.31. The number of rotatable bonds is 2. The van der Waals surface area contributed by atoms with E-state index in [0.29, 0.717) is 22.3 Å². The number of hydrogen-bond acceptors (Lipinski definition) is 2. The third kappa shape index (κ3) is 2.78. The largest absolute Gasteiger partial charge is 0.398 e. The van der Waals surface area contributed by atoms with Crippen LogP contribution in [0.4, 0.5) is 5.69 Å². The summed E-state index contributed by atoms with van der Waals surface area (Å²) >= 11 is 5.86. The summed E-state index contributed by atoms with van der Waals surface area (Å²) in [5.41, 5.74) is 6.81. The average Bonchev–Trinajstić information content (AvgIpc) is 2.41. The maximum atomic E-state index is 12.3. The molecule has 0 unspecified atom stereocenters. The van der Waals surface area contributed by atoms with E-state index in [1.54, 1.807) is 18.2 Å². The van der Waals surface area contributed by atoms with Gasteiger partial charge in [0.05, 0.1) is 10.7 Å². The molecule has 1 aromatic carbocycles. The molecule has 0 spiro atoms. The Morgan fingerprint density at radius 1 is 1.33 bits per heavy atom. The van der Waals surface area contributed by atoms with Crippen LogP contribution in [0.3, 0.4) is 0 Å². The zero-order valence-electron chi connectivity index (χ0n) is 10.7. The zero-order chi connectivity index (χ0) is 13.1. The van der Waals surface area contributed by atoms with E-state index in [0.717, 1.165) is 12.8 Å². The van der Waals surface area contributed by atoms with E-state index in [9.17, 15) is 4.79 Å². The van der Waals surface area contributed by atoms with Gasteiger partial charge in [-0.3, -0.25) is 4.79 Å². The Kier molecular flexibility index (Phi) is 4.12. The van der Waals surface area contributed by atoms with E-state index in [1.165, 1.54) is 19.3 Å². The van der Waals surface area contributed by atoms with Gasteiger partial charge in [0.15, 0.2) is 0 Å². The van der Waals surface area contributed by atoms with Crippen LogP contribution >= 0.6 is 11.6 Å². The van der Waals surface area contributed by atoms with Crippen molar-refractivity contribution in [1.82, 2.24) is 4.90 Å². The van der Waals surface area contributed by atoms with E-state index in [1.807, 2.05) is 11.9 Å². The molecule has 1 aromatic rings. The summed E-state index contributed by atoms with van der Waals surface area (Å²) in [6, 6.07) is 5.44. The van der Waals surface area contributed by atoms with Gasteiger partial charge < -0.3 is 10.6 Å². The molecule has 0 saturated heterocycles. The number of nitrogens with two attached hydrogens (primary N) is 1. The highest BCUT2D eigenvalue weighted by molar-refractivity contribution is 6.33. The minimum absolute atomic E-state index is 0.0327. The van der Waals surface area contributed by atoms with Crippen LogP contribution in [0.2, 0.25) is 5.02 Å². The summed E-state index contributed by atoms with van der Waals surface area (Å²) in [7, 11) is 1.88. The molecule has 2 rings (SSSR count). The van der Waals surface area contributed by atoms with Gasteiger partial charge in [-0.2, -0.15) is 0 Å². The van der Waals surface area contributed by atoms with Gasteiger partial charge in [-0.05, 0) is 31.0 Å². The number of anilines is 1. The van der Waals surface area contributed by atoms with Crippen molar-refractivity contribution in [2.75, 3.05) is 12.8 Å². The first-order valence-corrected chi connectivity index (χ1v) is 6.79. The van der Waals surface area contributed by atoms with Gasteiger partial charge in [-0.25, -0.2) is 0 Å². The normalized spacial score (nSPS) is 16.6. The molecule has 1 aliphatic carbocycles. The highest BCUT2D eigenvalue weighted by Gasteiger charge is 2.23. The summed E-state index contributed by atoms with van der Waals surface area (Å²) in [6.45, 7) is 0. The Balaban J connectivity index is 2.11. The SMILES string of the molecule is CN(C(=O)c1ccc(Cl)c(N)c1)C1CCCCC1. The lowest BCUT2D eigenvalue weighted by Crippen LogP contribution is -2.38. The number of amides is 1. The molecule has 0 radical (unpaired) electrons. The quantitative estimate of drug-likeness (QED) is 0.835. The number of carbonyl (C=O) groups excluding carboxylic acids is 1. The summed E-state index contributed by atoms with van der Waals surface area (Å²) in [5, 5.41) is 0.492. The summed E-state index contributed by atoms with van der Waals surface area (Å²) in [6.07, 6.45) is 5.92. The fourth-order valence-corrected chi connectivity index (χ4v) is 2.63. The van der Waals surface area contributed by atoms with Gasteiger partial charge in [0.1, 0.15) is 0 Å². The summed E-state index contributed by atoms with van der Waals surface area (Å²) in [4.78, 5) is 14.2. The second kappa shape index (κ2) is 5.61. The number of benzene rings is 1. The van der Waals surface area contributed by atoms with Crippen molar-refractivity contribution in [2.24, 2.45) is 0 Å². The first kappa shape index (κ1) is 13.2. The predicted octanol–water partition coefficient (Wildman–Crippen LogP) is 3.33. The van der Waals surface area contributed by atoms with Crippen molar-refractivity contribution < 1.29 is 4.79 Å². The van der Waals surface area contributed by atoms with E-state index in [4.69, 9.17) is 17.3 Å². The fourth-order valence-electron chi connectivity index (χ4n) is 2.51. The number of carbonyl (C=O) groups is 1. The summed E-state index contributed by atoms with van der Waals surface area (Å²) < 4.78 is 0. The Labute approximate surface area is 113 Å². The van der Waals surface area contributed by atoms with Crippen LogP contribution in [0.25, 0.3) is 0 Å². The maximum Gasteiger partial charge on any atom is 0.253 e. The molecule has 0 aromatic heterocycles. The second-order valence-electron chi connectivity index (χ2n) is 4.94. The van der Waals surface area contributed by atoms with Crippen molar-refractivity contribution in [1.29, 1.82) is 0 Å². The topological polar surface area (TPSA) is 46.3 Å². The molecule has 0 aliphatic heterocycles. The van der Waals surface area contributed by atoms with E-state index in [-0.39, 0.29) is 5.91 Å². The van der Waals surface area contributed by atoms with Crippen molar-refractivity contribution in [3.05, 3.63) is 28.8 Å². The van der Waals surface area contributed by atoms with Crippen molar-refractivity contribution in [2.45, 2.75) is 38.1 Å². The maximum absolute atomic E-state index is 12.3. The molecular formula is C14H19ClN2O. The van der Waals surface area contributed by atoms with Gasteiger partial charge in [0.25, 0.3) is 5.91 Å². The Morgan fingerprint density at radius 3 is 2.61 bits per heavy atom. The monoisotopic (exact) mass is 266 g/mol. The van der Waals surface area contributed by atoms with Crippen molar-refractivity contribution >= 4 is 23.2 Å². The molecule has 1 aliphatic rings. The van der Waals surface area contributed by atoms with E-state index < -0.39 is 0 Å². The van der Waals surface area contributed by atoms with Crippen molar-refractivity contribution in [3.63, 3.8) is 0 Å². The first-order chi connectivity index (χ1) is 8.59. The molecule has 0 bridgehead atoms. The Bertz CT molecular complexity index is 441. The number of halogens is 1. The third-order valence-corrected chi connectivity index (χ3v) is 4.03. The van der Waals surface area contributed by atoms with Crippen LogP contribution in [0.15, 0.2) is 18.2 Å². The number of hydrogen-bond donors (Lipinski definition) is 1.